The van der Waals surface area contributed by atoms with Gasteiger partial charge < -0.3 is 10.1 Å². The summed E-state index contributed by atoms with van der Waals surface area (Å²) in [6, 6.07) is 6.99. The molecule has 1 aromatic rings. The van der Waals surface area contributed by atoms with Crippen LogP contribution in [0.5, 0.6) is 0 Å². The Bertz CT molecular complexity index is 403. The third-order valence-corrected chi connectivity index (χ3v) is 2.90. The van der Waals surface area contributed by atoms with Gasteiger partial charge in [-0.15, -0.1) is 0 Å². The van der Waals surface area contributed by atoms with Crippen LogP contribution in [0.2, 0.25) is 0 Å². The molecule has 1 rings (SSSR count). The van der Waals surface area contributed by atoms with Gasteiger partial charge in [-0.05, 0) is 53.8 Å². The molecule has 17 heavy (non-hydrogen) atoms. The van der Waals surface area contributed by atoms with Crippen molar-refractivity contribution in [2.45, 2.75) is 19.4 Å². The fraction of sp³-hybridized carbons (Fsp3) is 0.333. The minimum atomic E-state index is -0.333. The zero-order valence-electron chi connectivity index (χ0n) is 9.70. The summed E-state index contributed by atoms with van der Waals surface area (Å²) >= 11 is 2.17. The first-order valence-electron chi connectivity index (χ1n) is 5.16. The predicted octanol–water partition coefficient (Wildman–Crippen LogP) is 1.97. The average molecular weight is 347 g/mol. The molecule has 0 aliphatic heterocycles. The monoisotopic (exact) mass is 347 g/mol. The van der Waals surface area contributed by atoms with Crippen molar-refractivity contribution in [1.82, 2.24) is 5.32 Å². The van der Waals surface area contributed by atoms with Gasteiger partial charge in [0.2, 0.25) is 0 Å². The van der Waals surface area contributed by atoms with Crippen LogP contribution in [-0.4, -0.2) is 25.0 Å². The fourth-order valence-electron chi connectivity index (χ4n) is 1.29. The quantitative estimate of drug-likeness (QED) is 0.669. The minimum absolute atomic E-state index is 0.173. The number of esters is 1. The normalized spacial score (nSPS) is 11.7. The molecule has 1 amide bonds. The summed E-state index contributed by atoms with van der Waals surface area (Å²) in [5.74, 6) is -0.516. The second-order valence-electron chi connectivity index (χ2n) is 3.66. The van der Waals surface area contributed by atoms with Gasteiger partial charge in [0.15, 0.2) is 0 Å². The van der Waals surface area contributed by atoms with E-state index in [9.17, 15) is 9.59 Å². The number of rotatable bonds is 4. The van der Waals surface area contributed by atoms with Crippen LogP contribution in [-0.2, 0) is 9.53 Å². The number of hydrogen-bond donors (Lipinski definition) is 1. The summed E-state index contributed by atoms with van der Waals surface area (Å²) in [6.45, 7) is 1.77. The largest absolute Gasteiger partial charge is 0.469 e. The Morgan fingerprint density at radius 1 is 1.35 bits per heavy atom. The maximum atomic E-state index is 11.8. The van der Waals surface area contributed by atoms with Gasteiger partial charge >= 0.3 is 5.97 Å². The van der Waals surface area contributed by atoms with Gasteiger partial charge in [0.25, 0.3) is 5.91 Å². The van der Waals surface area contributed by atoms with Gasteiger partial charge in [-0.25, -0.2) is 0 Å². The summed E-state index contributed by atoms with van der Waals surface area (Å²) in [4.78, 5) is 22.8. The van der Waals surface area contributed by atoms with Crippen LogP contribution in [0.4, 0.5) is 0 Å². The first-order chi connectivity index (χ1) is 8.02. The number of nitrogens with one attached hydrogen (secondary N) is 1. The second kappa shape index (κ2) is 6.58. The van der Waals surface area contributed by atoms with Crippen LogP contribution in [0.3, 0.4) is 0 Å². The lowest BCUT2D eigenvalue weighted by atomic mass is 10.2. The third kappa shape index (κ3) is 4.72. The molecule has 0 heterocycles. The van der Waals surface area contributed by atoms with E-state index in [2.05, 4.69) is 32.6 Å². The molecule has 4 nitrogen and oxygen atoms in total. The van der Waals surface area contributed by atoms with Crippen molar-refractivity contribution >= 4 is 34.5 Å². The SMILES string of the molecule is COC(=O)CC(C)NC(=O)c1ccc(I)cc1. The molecule has 0 bridgehead atoms. The van der Waals surface area contributed by atoms with E-state index in [1.54, 1.807) is 19.1 Å². The topological polar surface area (TPSA) is 55.4 Å². The molecule has 0 spiro atoms. The molecule has 0 aliphatic carbocycles. The number of ether oxygens (including phenoxy) is 1. The number of amides is 1. The van der Waals surface area contributed by atoms with E-state index in [-0.39, 0.29) is 24.3 Å². The molecule has 1 aromatic carbocycles. The molecule has 1 atom stereocenters. The molecule has 0 aromatic heterocycles. The number of halogens is 1. The van der Waals surface area contributed by atoms with E-state index >= 15 is 0 Å². The van der Waals surface area contributed by atoms with Crippen molar-refractivity contribution in [2.24, 2.45) is 0 Å². The Kier molecular flexibility index (Phi) is 5.40. The highest BCUT2D eigenvalue weighted by molar-refractivity contribution is 14.1. The average Bonchev–Trinajstić information content (AvgIpc) is 2.29. The van der Waals surface area contributed by atoms with Gasteiger partial charge in [-0.2, -0.15) is 0 Å². The molecule has 0 saturated carbocycles. The van der Waals surface area contributed by atoms with Gasteiger partial charge in [0.05, 0.1) is 13.5 Å². The summed E-state index contributed by atoms with van der Waals surface area (Å²) in [7, 11) is 1.33. The van der Waals surface area contributed by atoms with E-state index < -0.39 is 0 Å². The molecule has 92 valence electrons. The Morgan fingerprint density at radius 3 is 2.47 bits per heavy atom. The molecular formula is C12H14INO3. The summed E-state index contributed by atoms with van der Waals surface area (Å²) in [6.07, 6.45) is 0.173. The van der Waals surface area contributed by atoms with E-state index in [0.29, 0.717) is 5.56 Å². The second-order valence-corrected chi connectivity index (χ2v) is 4.91. The van der Waals surface area contributed by atoms with Crippen molar-refractivity contribution in [1.29, 1.82) is 0 Å². The van der Waals surface area contributed by atoms with Crippen molar-refractivity contribution in [2.75, 3.05) is 7.11 Å². The van der Waals surface area contributed by atoms with E-state index in [4.69, 9.17) is 0 Å². The molecular weight excluding hydrogens is 333 g/mol. The van der Waals surface area contributed by atoms with E-state index in [1.165, 1.54) is 7.11 Å². The summed E-state index contributed by atoms with van der Waals surface area (Å²) in [5.41, 5.74) is 0.585. The van der Waals surface area contributed by atoms with Gasteiger partial charge in [-0.3, -0.25) is 9.59 Å². The molecule has 1 unspecified atom stereocenters. The Hall–Kier alpha value is -1.11. The summed E-state index contributed by atoms with van der Waals surface area (Å²) in [5, 5.41) is 2.74. The molecule has 0 aliphatic rings. The molecule has 0 saturated heterocycles. The highest BCUT2D eigenvalue weighted by Gasteiger charge is 2.13. The predicted molar refractivity (Wildman–Crippen MR) is 72.7 cm³/mol. The Morgan fingerprint density at radius 2 is 1.94 bits per heavy atom. The van der Waals surface area contributed by atoms with Crippen molar-refractivity contribution < 1.29 is 14.3 Å². The van der Waals surface area contributed by atoms with Crippen LogP contribution in [0, 0.1) is 3.57 Å². The lowest BCUT2D eigenvalue weighted by Gasteiger charge is -2.12. The number of methoxy groups -OCH3 is 1. The van der Waals surface area contributed by atoms with Crippen LogP contribution < -0.4 is 5.32 Å². The number of carbonyl (C=O) groups excluding carboxylic acids is 2. The third-order valence-electron chi connectivity index (χ3n) is 2.18. The van der Waals surface area contributed by atoms with Crippen molar-refractivity contribution in [3.05, 3.63) is 33.4 Å². The molecule has 5 heteroatoms. The van der Waals surface area contributed by atoms with Crippen molar-refractivity contribution in [3.63, 3.8) is 0 Å². The maximum Gasteiger partial charge on any atom is 0.307 e. The number of hydrogen-bond acceptors (Lipinski definition) is 3. The molecule has 0 fully saturated rings. The van der Waals surface area contributed by atoms with Crippen LogP contribution >= 0.6 is 22.6 Å². The van der Waals surface area contributed by atoms with Crippen LogP contribution in [0.1, 0.15) is 23.7 Å². The highest BCUT2D eigenvalue weighted by Crippen LogP contribution is 2.07. The van der Waals surface area contributed by atoms with Gasteiger partial charge in [0.1, 0.15) is 0 Å². The Labute approximate surface area is 114 Å². The van der Waals surface area contributed by atoms with Crippen LogP contribution in [0.15, 0.2) is 24.3 Å². The van der Waals surface area contributed by atoms with E-state index in [0.717, 1.165) is 3.57 Å². The lowest BCUT2D eigenvalue weighted by molar-refractivity contribution is -0.141. The van der Waals surface area contributed by atoms with Crippen molar-refractivity contribution in [3.8, 4) is 0 Å². The fourth-order valence-corrected chi connectivity index (χ4v) is 1.65. The zero-order valence-corrected chi connectivity index (χ0v) is 11.9. The minimum Gasteiger partial charge on any atom is -0.469 e. The first kappa shape index (κ1) is 14.0. The lowest BCUT2D eigenvalue weighted by Crippen LogP contribution is -2.34. The molecule has 0 radical (unpaired) electrons. The van der Waals surface area contributed by atoms with Gasteiger partial charge in [-0.1, -0.05) is 0 Å². The standard InChI is InChI=1S/C12H14INO3/c1-8(7-11(15)17-2)14-12(16)9-3-5-10(13)6-4-9/h3-6,8H,7H2,1-2H3,(H,14,16). The summed E-state index contributed by atoms with van der Waals surface area (Å²) < 4.78 is 5.60. The number of benzene rings is 1. The number of carbonyl (C=O) groups is 2. The molecule has 1 N–H and O–H groups in total. The van der Waals surface area contributed by atoms with E-state index in [1.807, 2.05) is 12.1 Å². The Balaban J connectivity index is 2.54. The highest BCUT2D eigenvalue weighted by atomic mass is 127. The van der Waals surface area contributed by atoms with Gasteiger partial charge in [0, 0.05) is 15.2 Å². The first-order valence-corrected chi connectivity index (χ1v) is 6.24. The van der Waals surface area contributed by atoms with Crippen LogP contribution in [0.25, 0.3) is 0 Å². The zero-order chi connectivity index (χ0) is 12.8. The maximum absolute atomic E-state index is 11.8. The smallest absolute Gasteiger partial charge is 0.307 e.